The summed E-state index contributed by atoms with van der Waals surface area (Å²) in [6.07, 6.45) is 0. The van der Waals surface area contributed by atoms with E-state index in [1.165, 1.54) is 11.1 Å². The number of aliphatic imine (C=N–C) groups is 2. The summed E-state index contributed by atoms with van der Waals surface area (Å²) in [5, 5.41) is 0. The minimum Gasteiger partial charge on any atom is -0.261 e. The van der Waals surface area contributed by atoms with Crippen molar-refractivity contribution in [1.29, 1.82) is 0 Å². The lowest BCUT2D eigenvalue weighted by molar-refractivity contribution is 1.06. The first kappa shape index (κ1) is 14.9. The van der Waals surface area contributed by atoms with Gasteiger partial charge in [-0.1, -0.05) is 84.9 Å². The molecule has 0 saturated heterocycles. The van der Waals surface area contributed by atoms with Crippen LogP contribution in [0.4, 0.5) is 0 Å². The topological polar surface area (TPSA) is 24.7 Å². The zero-order valence-corrected chi connectivity index (χ0v) is 12.9. The summed E-state index contributed by atoms with van der Waals surface area (Å²) in [4.78, 5) is 8.61. The van der Waals surface area contributed by atoms with Crippen molar-refractivity contribution in [3.63, 3.8) is 0 Å². The molecular weight excluding hydrogens is 280 g/mol. The molecule has 3 rings (SSSR count). The molecule has 0 heterocycles. The van der Waals surface area contributed by atoms with E-state index >= 15 is 0 Å². The fraction of sp³-hybridized carbons (Fsp3) is 0.0476. The molecule has 0 amide bonds. The first-order chi connectivity index (χ1) is 11.4. The van der Waals surface area contributed by atoms with E-state index in [-0.39, 0.29) is 0 Å². The van der Waals surface area contributed by atoms with Crippen molar-refractivity contribution < 1.29 is 0 Å². The van der Waals surface area contributed by atoms with E-state index in [1.807, 2.05) is 36.4 Å². The van der Waals surface area contributed by atoms with Gasteiger partial charge in [0.15, 0.2) is 5.84 Å². The number of amidine groups is 1. The summed E-state index contributed by atoms with van der Waals surface area (Å²) < 4.78 is 0. The molecule has 0 bridgehead atoms. The Morgan fingerprint density at radius 1 is 0.696 bits per heavy atom. The Morgan fingerprint density at radius 2 is 1.26 bits per heavy atom. The normalized spacial score (nSPS) is 11.2. The van der Waals surface area contributed by atoms with Crippen LogP contribution in [0.25, 0.3) is 11.1 Å². The van der Waals surface area contributed by atoms with Gasteiger partial charge >= 0.3 is 0 Å². The number of nitrogens with zero attached hydrogens (tertiary/aromatic N) is 2. The molecule has 2 heteroatoms. The Balaban J connectivity index is 1.76. The van der Waals surface area contributed by atoms with E-state index in [9.17, 15) is 0 Å². The third-order valence-corrected chi connectivity index (χ3v) is 3.65. The highest BCUT2D eigenvalue weighted by Gasteiger charge is 2.00. The highest BCUT2D eigenvalue weighted by atomic mass is 14.9. The molecule has 0 aliphatic carbocycles. The molecule has 23 heavy (non-hydrogen) atoms. The van der Waals surface area contributed by atoms with Gasteiger partial charge in [-0.25, -0.2) is 4.99 Å². The second kappa shape index (κ2) is 7.32. The van der Waals surface area contributed by atoms with Gasteiger partial charge in [-0.2, -0.15) is 0 Å². The van der Waals surface area contributed by atoms with E-state index < -0.39 is 0 Å². The molecule has 0 unspecified atom stereocenters. The van der Waals surface area contributed by atoms with Crippen LogP contribution in [0.15, 0.2) is 94.9 Å². The summed E-state index contributed by atoms with van der Waals surface area (Å²) in [6, 6.07) is 28.7. The molecule has 112 valence electrons. The van der Waals surface area contributed by atoms with Crippen molar-refractivity contribution in [3.8, 4) is 11.1 Å². The van der Waals surface area contributed by atoms with Crippen molar-refractivity contribution in [2.75, 3.05) is 0 Å². The molecule has 0 fully saturated rings. The maximum Gasteiger partial charge on any atom is 0.154 e. The van der Waals surface area contributed by atoms with Crippen molar-refractivity contribution in [2.45, 2.75) is 6.54 Å². The average Bonchev–Trinajstić information content (AvgIpc) is 2.64. The zero-order chi connectivity index (χ0) is 15.9. The SMILES string of the molecule is C=NC(=NCc1ccc(-c2ccccc2)cc1)c1ccccc1. The zero-order valence-electron chi connectivity index (χ0n) is 12.9. The molecule has 0 aromatic heterocycles. The third kappa shape index (κ3) is 3.80. The van der Waals surface area contributed by atoms with Crippen molar-refractivity contribution in [2.24, 2.45) is 9.98 Å². The van der Waals surface area contributed by atoms with Crippen LogP contribution in [-0.2, 0) is 6.54 Å². The van der Waals surface area contributed by atoms with Gasteiger partial charge < -0.3 is 0 Å². The molecule has 0 spiro atoms. The van der Waals surface area contributed by atoms with Gasteiger partial charge in [0.1, 0.15) is 0 Å². The maximum atomic E-state index is 4.57. The number of benzene rings is 3. The summed E-state index contributed by atoms with van der Waals surface area (Å²) in [5.41, 5.74) is 4.58. The van der Waals surface area contributed by atoms with Crippen LogP contribution >= 0.6 is 0 Å². The van der Waals surface area contributed by atoms with Crippen LogP contribution in [0, 0.1) is 0 Å². The molecule has 3 aromatic carbocycles. The molecule has 0 saturated carbocycles. The maximum absolute atomic E-state index is 4.57. The molecule has 0 radical (unpaired) electrons. The average molecular weight is 298 g/mol. The smallest absolute Gasteiger partial charge is 0.154 e. The lowest BCUT2D eigenvalue weighted by atomic mass is 10.0. The minimum atomic E-state index is 0.596. The minimum absolute atomic E-state index is 0.596. The molecule has 0 aliphatic heterocycles. The van der Waals surface area contributed by atoms with Gasteiger partial charge in [-0.3, -0.25) is 4.99 Å². The Labute approximate surface area is 136 Å². The molecule has 3 aromatic rings. The highest BCUT2D eigenvalue weighted by Crippen LogP contribution is 2.19. The quantitative estimate of drug-likeness (QED) is 0.478. The largest absolute Gasteiger partial charge is 0.261 e. The fourth-order valence-electron chi connectivity index (χ4n) is 2.42. The standard InChI is InChI=1S/C21H18N2/c1-22-21(20-10-6-3-7-11-20)23-16-17-12-14-19(15-13-17)18-8-4-2-5-9-18/h2-15H,1,16H2. The van der Waals surface area contributed by atoms with Gasteiger partial charge in [-0.05, 0) is 23.4 Å². The van der Waals surface area contributed by atoms with Gasteiger partial charge in [0.2, 0.25) is 0 Å². The van der Waals surface area contributed by atoms with Crippen LogP contribution in [0.1, 0.15) is 11.1 Å². The molecule has 2 nitrogen and oxygen atoms in total. The summed E-state index contributed by atoms with van der Waals surface area (Å²) in [7, 11) is 0. The Bertz CT molecular complexity index is 788. The van der Waals surface area contributed by atoms with E-state index in [0.29, 0.717) is 12.4 Å². The van der Waals surface area contributed by atoms with Crippen LogP contribution < -0.4 is 0 Å². The Morgan fingerprint density at radius 3 is 1.87 bits per heavy atom. The predicted octanol–water partition coefficient (Wildman–Crippen LogP) is 5.00. The number of hydrogen-bond acceptors (Lipinski definition) is 1. The second-order valence-electron chi connectivity index (χ2n) is 5.23. The van der Waals surface area contributed by atoms with E-state index in [1.54, 1.807) is 0 Å². The van der Waals surface area contributed by atoms with E-state index in [0.717, 1.165) is 11.1 Å². The van der Waals surface area contributed by atoms with Crippen molar-refractivity contribution in [3.05, 3.63) is 96.1 Å². The lowest BCUT2D eigenvalue weighted by Gasteiger charge is -2.04. The lowest BCUT2D eigenvalue weighted by Crippen LogP contribution is -1.97. The molecular formula is C21H18N2. The molecule has 0 aliphatic rings. The molecule has 0 N–H and O–H groups in total. The Hall–Kier alpha value is -3.00. The van der Waals surface area contributed by atoms with E-state index in [4.69, 9.17) is 0 Å². The number of hydrogen-bond donors (Lipinski definition) is 0. The Kier molecular flexibility index (Phi) is 4.75. The van der Waals surface area contributed by atoms with Gasteiger partial charge in [0.05, 0.1) is 6.54 Å². The number of rotatable bonds is 4. The monoisotopic (exact) mass is 298 g/mol. The van der Waals surface area contributed by atoms with Crippen molar-refractivity contribution >= 4 is 12.6 Å². The van der Waals surface area contributed by atoms with Crippen LogP contribution in [0.5, 0.6) is 0 Å². The van der Waals surface area contributed by atoms with Crippen LogP contribution in [0.3, 0.4) is 0 Å². The van der Waals surface area contributed by atoms with Gasteiger partial charge in [0, 0.05) is 5.56 Å². The van der Waals surface area contributed by atoms with Crippen LogP contribution in [-0.4, -0.2) is 12.6 Å². The fourth-order valence-corrected chi connectivity index (χ4v) is 2.42. The first-order valence-electron chi connectivity index (χ1n) is 7.58. The second-order valence-corrected chi connectivity index (χ2v) is 5.23. The van der Waals surface area contributed by atoms with E-state index in [2.05, 4.69) is 65.2 Å². The molecule has 0 atom stereocenters. The third-order valence-electron chi connectivity index (χ3n) is 3.65. The first-order valence-corrected chi connectivity index (χ1v) is 7.58. The summed E-state index contributed by atoms with van der Waals surface area (Å²) in [5.74, 6) is 0.678. The van der Waals surface area contributed by atoms with Crippen LogP contribution in [0.2, 0.25) is 0 Å². The van der Waals surface area contributed by atoms with Crippen molar-refractivity contribution in [1.82, 2.24) is 0 Å². The predicted molar refractivity (Wildman–Crippen MR) is 98.1 cm³/mol. The highest BCUT2D eigenvalue weighted by molar-refractivity contribution is 6.01. The summed E-state index contributed by atoms with van der Waals surface area (Å²) >= 11 is 0. The van der Waals surface area contributed by atoms with Gasteiger partial charge in [0.25, 0.3) is 0 Å². The van der Waals surface area contributed by atoms with Gasteiger partial charge in [-0.15, -0.1) is 0 Å². The summed E-state index contributed by atoms with van der Waals surface area (Å²) in [6.45, 7) is 4.22.